The first-order chi connectivity index (χ1) is 7.50. The van der Waals surface area contributed by atoms with Gasteiger partial charge in [0.05, 0.1) is 5.69 Å². The van der Waals surface area contributed by atoms with Crippen molar-refractivity contribution in [1.29, 1.82) is 0 Å². The molecule has 0 aliphatic heterocycles. The van der Waals surface area contributed by atoms with Crippen LogP contribution in [0.2, 0.25) is 0 Å². The third-order valence-electron chi connectivity index (χ3n) is 2.69. The van der Waals surface area contributed by atoms with Gasteiger partial charge in [0.1, 0.15) is 0 Å². The predicted molar refractivity (Wildman–Crippen MR) is 62.7 cm³/mol. The number of amides is 1. The molecule has 5 heteroatoms. The Kier molecular flexibility index (Phi) is 4.35. The van der Waals surface area contributed by atoms with Crippen LogP contribution < -0.4 is 5.32 Å². The maximum absolute atomic E-state index is 11.8. The fourth-order valence-corrected chi connectivity index (χ4v) is 1.76. The Bertz CT molecular complexity index is 365. The summed E-state index contributed by atoms with van der Waals surface area (Å²) in [5.41, 5.74) is 0.403. The first kappa shape index (κ1) is 13.0. The predicted octanol–water partition coefficient (Wildman–Crippen LogP) is 2.51. The lowest BCUT2D eigenvalue weighted by molar-refractivity contribution is 0.0863. The Morgan fingerprint density at radius 3 is 2.81 bits per heavy atom. The maximum Gasteiger partial charge on any atom is 0.290 e. The van der Waals surface area contributed by atoms with Crippen molar-refractivity contribution >= 4 is 17.5 Å². The van der Waals surface area contributed by atoms with Crippen LogP contribution in [0.3, 0.4) is 0 Å². The fourth-order valence-electron chi connectivity index (χ4n) is 1.34. The van der Waals surface area contributed by atoms with Crippen LogP contribution >= 0.6 is 11.6 Å². The Morgan fingerprint density at radius 2 is 2.38 bits per heavy atom. The van der Waals surface area contributed by atoms with Crippen LogP contribution in [0, 0.1) is 6.92 Å². The number of hydrogen-bond acceptors (Lipinski definition) is 3. The smallest absolute Gasteiger partial charge is 0.290 e. The third-order valence-corrected chi connectivity index (χ3v) is 2.88. The zero-order valence-corrected chi connectivity index (χ0v) is 10.6. The van der Waals surface area contributed by atoms with Crippen LogP contribution in [0.5, 0.6) is 0 Å². The monoisotopic (exact) mass is 244 g/mol. The van der Waals surface area contributed by atoms with E-state index in [0.29, 0.717) is 11.6 Å². The number of nitrogens with one attached hydrogen (secondary N) is 1. The second-order valence-corrected chi connectivity index (χ2v) is 4.52. The van der Waals surface area contributed by atoms with Gasteiger partial charge in [-0.1, -0.05) is 12.1 Å². The van der Waals surface area contributed by atoms with Crippen LogP contribution in [-0.2, 0) is 0 Å². The lowest BCUT2D eigenvalue weighted by atomic mass is 9.95. The Morgan fingerprint density at radius 1 is 1.69 bits per heavy atom. The molecule has 1 aromatic heterocycles. The van der Waals surface area contributed by atoms with E-state index in [1.165, 1.54) is 0 Å². The number of nitrogens with zero attached hydrogens (tertiary/aromatic N) is 1. The van der Waals surface area contributed by atoms with E-state index < -0.39 is 0 Å². The molecule has 0 saturated carbocycles. The molecule has 1 heterocycles. The van der Waals surface area contributed by atoms with Gasteiger partial charge in [-0.15, -0.1) is 11.6 Å². The molecular weight excluding hydrogens is 228 g/mol. The van der Waals surface area contributed by atoms with Gasteiger partial charge >= 0.3 is 0 Å². The highest BCUT2D eigenvalue weighted by Crippen LogP contribution is 2.16. The van der Waals surface area contributed by atoms with Crippen molar-refractivity contribution in [2.75, 3.05) is 5.88 Å². The molecule has 0 spiro atoms. The lowest BCUT2D eigenvalue weighted by Crippen LogP contribution is -2.45. The summed E-state index contributed by atoms with van der Waals surface area (Å²) >= 11 is 5.71. The largest absolute Gasteiger partial charge is 0.351 e. The van der Waals surface area contributed by atoms with Gasteiger partial charge in [0, 0.05) is 17.5 Å². The maximum atomic E-state index is 11.8. The second kappa shape index (κ2) is 5.34. The number of aromatic nitrogens is 1. The lowest BCUT2D eigenvalue weighted by Gasteiger charge is -2.28. The Balaban J connectivity index is 2.69. The van der Waals surface area contributed by atoms with Crippen molar-refractivity contribution < 1.29 is 9.32 Å². The second-order valence-electron chi connectivity index (χ2n) is 4.14. The molecule has 1 rings (SSSR count). The SMILES string of the molecule is CCC(C)(CCCl)NC(=O)c1cc(C)no1. The Labute approximate surface area is 100 Å². The number of halogens is 1. The van der Waals surface area contributed by atoms with Crippen molar-refractivity contribution in [3.63, 3.8) is 0 Å². The van der Waals surface area contributed by atoms with Crippen LogP contribution in [0.1, 0.15) is 42.9 Å². The first-order valence-electron chi connectivity index (χ1n) is 5.32. The molecule has 16 heavy (non-hydrogen) atoms. The molecule has 1 N–H and O–H groups in total. The van der Waals surface area contributed by atoms with Crippen LogP contribution in [-0.4, -0.2) is 22.5 Å². The minimum absolute atomic E-state index is 0.241. The zero-order valence-electron chi connectivity index (χ0n) is 9.84. The van der Waals surface area contributed by atoms with Crippen LogP contribution in [0.25, 0.3) is 0 Å². The van der Waals surface area contributed by atoms with Gasteiger partial charge < -0.3 is 9.84 Å². The number of rotatable bonds is 5. The molecular formula is C11H17ClN2O2. The number of alkyl halides is 1. The van der Waals surface area contributed by atoms with Crippen LogP contribution in [0.15, 0.2) is 10.6 Å². The average Bonchev–Trinajstić information content (AvgIpc) is 2.65. The normalized spacial score (nSPS) is 14.5. The number of aryl methyl sites for hydroxylation is 1. The van der Waals surface area contributed by atoms with E-state index in [1.54, 1.807) is 13.0 Å². The average molecular weight is 245 g/mol. The van der Waals surface area contributed by atoms with Crippen molar-refractivity contribution in [2.45, 2.75) is 39.2 Å². The van der Waals surface area contributed by atoms with E-state index in [4.69, 9.17) is 16.1 Å². The summed E-state index contributed by atoms with van der Waals surface area (Å²) in [6.45, 7) is 5.76. The Hall–Kier alpha value is -1.03. The summed E-state index contributed by atoms with van der Waals surface area (Å²) in [4.78, 5) is 11.8. The summed E-state index contributed by atoms with van der Waals surface area (Å²) < 4.78 is 4.90. The first-order valence-corrected chi connectivity index (χ1v) is 5.86. The topological polar surface area (TPSA) is 55.1 Å². The van der Waals surface area contributed by atoms with Gasteiger partial charge in [0.2, 0.25) is 5.76 Å². The van der Waals surface area contributed by atoms with Gasteiger partial charge in [-0.2, -0.15) is 0 Å². The molecule has 0 aromatic carbocycles. The van der Waals surface area contributed by atoms with Crippen molar-refractivity contribution in [3.05, 3.63) is 17.5 Å². The number of hydrogen-bond donors (Lipinski definition) is 1. The van der Waals surface area contributed by atoms with Gasteiger partial charge in [-0.3, -0.25) is 4.79 Å². The summed E-state index contributed by atoms with van der Waals surface area (Å²) in [5, 5.41) is 6.59. The highest BCUT2D eigenvalue weighted by atomic mass is 35.5. The molecule has 4 nitrogen and oxygen atoms in total. The summed E-state index contributed by atoms with van der Waals surface area (Å²) in [6.07, 6.45) is 1.54. The molecule has 0 aliphatic carbocycles. The van der Waals surface area contributed by atoms with Crippen molar-refractivity contribution in [1.82, 2.24) is 10.5 Å². The summed E-state index contributed by atoms with van der Waals surface area (Å²) in [5.74, 6) is 0.516. The molecule has 1 unspecified atom stereocenters. The van der Waals surface area contributed by atoms with Gasteiger partial charge in [-0.25, -0.2) is 0 Å². The molecule has 0 saturated heterocycles. The van der Waals surface area contributed by atoms with E-state index in [-0.39, 0.29) is 17.2 Å². The van der Waals surface area contributed by atoms with E-state index in [1.807, 2.05) is 13.8 Å². The fraction of sp³-hybridized carbons (Fsp3) is 0.636. The zero-order chi connectivity index (χ0) is 12.2. The van der Waals surface area contributed by atoms with Gasteiger partial charge in [0.25, 0.3) is 5.91 Å². The minimum Gasteiger partial charge on any atom is -0.351 e. The van der Waals surface area contributed by atoms with E-state index in [2.05, 4.69) is 10.5 Å². The summed E-state index contributed by atoms with van der Waals surface area (Å²) in [6, 6.07) is 1.62. The van der Waals surface area contributed by atoms with E-state index >= 15 is 0 Å². The molecule has 1 amide bonds. The number of carbonyl (C=O) groups is 1. The minimum atomic E-state index is -0.292. The molecule has 90 valence electrons. The molecule has 0 aliphatic rings. The van der Waals surface area contributed by atoms with Crippen molar-refractivity contribution in [2.24, 2.45) is 0 Å². The van der Waals surface area contributed by atoms with Crippen molar-refractivity contribution in [3.8, 4) is 0 Å². The third kappa shape index (κ3) is 3.23. The van der Waals surface area contributed by atoms with E-state index in [9.17, 15) is 4.79 Å². The highest BCUT2D eigenvalue weighted by molar-refractivity contribution is 6.17. The highest BCUT2D eigenvalue weighted by Gasteiger charge is 2.25. The quantitative estimate of drug-likeness (QED) is 0.810. The molecule has 0 fully saturated rings. The van der Waals surface area contributed by atoms with Gasteiger partial charge in [0.15, 0.2) is 0 Å². The molecule has 0 bridgehead atoms. The molecule has 1 atom stereocenters. The summed E-state index contributed by atoms with van der Waals surface area (Å²) in [7, 11) is 0. The molecule has 1 aromatic rings. The van der Waals surface area contributed by atoms with E-state index in [0.717, 1.165) is 12.8 Å². The van der Waals surface area contributed by atoms with Gasteiger partial charge in [-0.05, 0) is 26.7 Å². The standard InChI is InChI=1S/C11H17ClN2O2/c1-4-11(3,5-6-12)13-10(15)9-7-8(2)14-16-9/h7H,4-6H2,1-3H3,(H,13,15). The number of carbonyl (C=O) groups excluding carboxylic acids is 1. The van der Waals surface area contributed by atoms with Crippen LogP contribution in [0.4, 0.5) is 0 Å². The molecule has 0 radical (unpaired) electrons.